The van der Waals surface area contributed by atoms with Gasteiger partial charge in [0, 0.05) is 19.7 Å². The smallest absolute Gasteiger partial charge is 0.0662 e. The molecule has 0 aromatic rings. The number of hydrogen-bond donors (Lipinski definition) is 1. The molecule has 3 fully saturated rings. The van der Waals surface area contributed by atoms with Crippen LogP contribution in [0.1, 0.15) is 25.7 Å². The Morgan fingerprint density at radius 3 is 3.20 bits per heavy atom. The molecule has 86 valence electrons. The van der Waals surface area contributed by atoms with Crippen molar-refractivity contribution in [1.29, 1.82) is 0 Å². The van der Waals surface area contributed by atoms with Crippen LogP contribution in [0.5, 0.6) is 0 Å². The molecule has 2 bridgehead atoms. The Labute approximate surface area is 92.2 Å². The maximum Gasteiger partial charge on any atom is 0.0662 e. The first-order chi connectivity index (χ1) is 7.39. The van der Waals surface area contributed by atoms with E-state index in [2.05, 4.69) is 10.2 Å². The van der Waals surface area contributed by atoms with Gasteiger partial charge in [-0.25, -0.2) is 0 Å². The van der Waals surface area contributed by atoms with Crippen LogP contribution < -0.4 is 5.32 Å². The summed E-state index contributed by atoms with van der Waals surface area (Å²) in [6, 6.07) is 0. The SMILES string of the molecule is C1CC2CNCC3(CCCOC3)N(C1)C2. The Morgan fingerprint density at radius 2 is 2.33 bits per heavy atom. The van der Waals surface area contributed by atoms with Crippen LogP contribution in [0.25, 0.3) is 0 Å². The highest BCUT2D eigenvalue weighted by atomic mass is 16.5. The zero-order valence-electron chi connectivity index (χ0n) is 9.50. The van der Waals surface area contributed by atoms with Gasteiger partial charge in [0.05, 0.1) is 12.1 Å². The molecule has 3 aliphatic rings. The molecule has 3 saturated heterocycles. The van der Waals surface area contributed by atoms with Crippen molar-refractivity contribution in [3.05, 3.63) is 0 Å². The highest BCUT2D eigenvalue weighted by Gasteiger charge is 2.42. The second-order valence-corrected chi connectivity index (χ2v) is 5.47. The van der Waals surface area contributed by atoms with Crippen LogP contribution in [0.2, 0.25) is 0 Å². The Morgan fingerprint density at radius 1 is 1.33 bits per heavy atom. The van der Waals surface area contributed by atoms with Gasteiger partial charge in [-0.15, -0.1) is 0 Å². The highest BCUT2D eigenvalue weighted by molar-refractivity contribution is 4.99. The molecule has 0 radical (unpaired) electrons. The molecule has 3 heteroatoms. The van der Waals surface area contributed by atoms with Crippen LogP contribution in [0.15, 0.2) is 0 Å². The summed E-state index contributed by atoms with van der Waals surface area (Å²) in [5.41, 5.74) is 0.341. The highest BCUT2D eigenvalue weighted by Crippen LogP contribution is 2.32. The van der Waals surface area contributed by atoms with Crippen molar-refractivity contribution in [2.24, 2.45) is 5.92 Å². The van der Waals surface area contributed by atoms with Gasteiger partial charge < -0.3 is 10.1 Å². The van der Waals surface area contributed by atoms with E-state index in [-0.39, 0.29) is 0 Å². The topological polar surface area (TPSA) is 24.5 Å². The molecule has 0 aliphatic carbocycles. The fourth-order valence-corrected chi connectivity index (χ4v) is 3.51. The fraction of sp³-hybridized carbons (Fsp3) is 1.00. The van der Waals surface area contributed by atoms with Gasteiger partial charge in [0.1, 0.15) is 0 Å². The quantitative estimate of drug-likeness (QED) is 0.641. The van der Waals surface area contributed by atoms with Crippen molar-refractivity contribution in [2.75, 3.05) is 39.4 Å². The van der Waals surface area contributed by atoms with E-state index in [1.54, 1.807) is 0 Å². The summed E-state index contributed by atoms with van der Waals surface area (Å²) in [7, 11) is 0. The van der Waals surface area contributed by atoms with Gasteiger partial charge in [0.15, 0.2) is 0 Å². The predicted octanol–water partition coefficient (Wildman–Crippen LogP) is 0.851. The van der Waals surface area contributed by atoms with E-state index >= 15 is 0 Å². The Bertz CT molecular complexity index is 226. The number of rotatable bonds is 0. The molecule has 15 heavy (non-hydrogen) atoms. The summed E-state index contributed by atoms with van der Waals surface area (Å²) >= 11 is 0. The molecule has 1 N–H and O–H groups in total. The van der Waals surface area contributed by atoms with Crippen LogP contribution in [-0.4, -0.2) is 49.8 Å². The number of hydrogen-bond acceptors (Lipinski definition) is 3. The Balaban J connectivity index is 1.80. The van der Waals surface area contributed by atoms with E-state index < -0.39 is 0 Å². The minimum Gasteiger partial charge on any atom is -0.379 e. The molecule has 3 aliphatic heterocycles. The lowest BCUT2D eigenvalue weighted by Crippen LogP contribution is -2.59. The first-order valence-electron chi connectivity index (χ1n) is 6.43. The summed E-state index contributed by atoms with van der Waals surface area (Å²) < 4.78 is 5.73. The largest absolute Gasteiger partial charge is 0.379 e. The van der Waals surface area contributed by atoms with Crippen molar-refractivity contribution in [2.45, 2.75) is 31.2 Å². The average molecular weight is 210 g/mol. The van der Waals surface area contributed by atoms with E-state index in [9.17, 15) is 0 Å². The Hall–Kier alpha value is -0.120. The molecule has 0 aromatic carbocycles. The molecule has 3 unspecified atom stereocenters. The van der Waals surface area contributed by atoms with E-state index in [1.165, 1.54) is 45.3 Å². The molecule has 0 amide bonds. The van der Waals surface area contributed by atoms with Gasteiger partial charge in [-0.3, -0.25) is 4.90 Å². The van der Waals surface area contributed by atoms with Gasteiger partial charge in [-0.05, 0) is 44.7 Å². The maximum absolute atomic E-state index is 5.73. The van der Waals surface area contributed by atoms with E-state index in [0.29, 0.717) is 5.54 Å². The number of nitrogens with zero attached hydrogens (tertiary/aromatic N) is 1. The monoisotopic (exact) mass is 210 g/mol. The minimum atomic E-state index is 0.341. The van der Waals surface area contributed by atoms with Gasteiger partial charge >= 0.3 is 0 Å². The molecule has 1 spiro atoms. The van der Waals surface area contributed by atoms with E-state index in [0.717, 1.165) is 25.7 Å². The van der Waals surface area contributed by atoms with E-state index in [4.69, 9.17) is 4.74 Å². The lowest BCUT2D eigenvalue weighted by Gasteiger charge is -2.47. The summed E-state index contributed by atoms with van der Waals surface area (Å²) in [6.07, 6.45) is 5.37. The summed E-state index contributed by atoms with van der Waals surface area (Å²) in [6.45, 7) is 6.88. The number of fused-ring (bicyclic) bond motifs is 3. The number of nitrogens with one attached hydrogen (secondary N) is 1. The molecular formula is C12H22N2O. The fourth-order valence-electron chi connectivity index (χ4n) is 3.51. The normalized spacial score (nSPS) is 46.4. The third-order valence-electron chi connectivity index (χ3n) is 4.38. The number of ether oxygens (including phenoxy) is 1. The third-order valence-corrected chi connectivity index (χ3v) is 4.38. The molecule has 3 atom stereocenters. The first kappa shape index (κ1) is 10.1. The third kappa shape index (κ3) is 1.81. The molecule has 0 saturated carbocycles. The van der Waals surface area contributed by atoms with Gasteiger partial charge in [-0.1, -0.05) is 0 Å². The van der Waals surface area contributed by atoms with Crippen LogP contribution >= 0.6 is 0 Å². The summed E-state index contributed by atoms with van der Waals surface area (Å²) in [5.74, 6) is 0.889. The second-order valence-electron chi connectivity index (χ2n) is 5.47. The van der Waals surface area contributed by atoms with Crippen LogP contribution in [0.3, 0.4) is 0 Å². The number of piperidine rings is 1. The van der Waals surface area contributed by atoms with Gasteiger partial charge in [0.25, 0.3) is 0 Å². The molecule has 3 heterocycles. The maximum atomic E-state index is 5.73. The molecular weight excluding hydrogens is 188 g/mol. The van der Waals surface area contributed by atoms with Crippen LogP contribution in [0, 0.1) is 5.92 Å². The molecule has 0 aromatic heterocycles. The van der Waals surface area contributed by atoms with Crippen molar-refractivity contribution >= 4 is 0 Å². The zero-order chi connectivity index (χ0) is 10.1. The predicted molar refractivity (Wildman–Crippen MR) is 60.0 cm³/mol. The standard InChI is InChI=1S/C12H22N2O/c1-3-11-7-13-9-12(14(5-1)8-11)4-2-6-15-10-12/h11,13H,1-10H2. The average Bonchev–Trinajstić information content (AvgIpc) is 2.40. The van der Waals surface area contributed by atoms with E-state index in [1.807, 2.05) is 0 Å². The van der Waals surface area contributed by atoms with Crippen molar-refractivity contribution < 1.29 is 4.74 Å². The van der Waals surface area contributed by atoms with Crippen LogP contribution in [-0.2, 0) is 4.74 Å². The molecule has 3 rings (SSSR count). The Kier molecular flexibility index (Phi) is 2.71. The summed E-state index contributed by atoms with van der Waals surface area (Å²) in [5, 5.41) is 3.66. The lowest BCUT2D eigenvalue weighted by molar-refractivity contribution is -0.0535. The van der Waals surface area contributed by atoms with Crippen molar-refractivity contribution in [3.8, 4) is 0 Å². The summed E-state index contributed by atoms with van der Waals surface area (Å²) in [4.78, 5) is 2.72. The lowest BCUT2D eigenvalue weighted by atomic mass is 9.88. The van der Waals surface area contributed by atoms with Gasteiger partial charge in [-0.2, -0.15) is 0 Å². The van der Waals surface area contributed by atoms with Gasteiger partial charge in [0.2, 0.25) is 0 Å². The minimum absolute atomic E-state index is 0.341. The van der Waals surface area contributed by atoms with Crippen molar-refractivity contribution in [3.63, 3.8) is 0 Å². The first-order valence-corrected chi connectivity index (χ1v) is 6.43. The second kappa shape index (κ2) is 4.04. The molecule has 3 nitrogen and oxygen atoms in total. The van der Waals surface area contributed by atoms with Crippen molar-refractivity contribution in [1.82, 2.24) is 10.2 Å². The van der Waals surface area contributed by atoms with Crippen LogP contribution in [0.4, 0.5) is 0 Å². The zero-order valence-corrected chi connectivity index (χ0v) is 9.50.